The van der Waals surface area contributed by atoms with Gasteiger partial charge in [-0.1, -0.05) is 51.5 Å². The van der Waals surface area contributed by atoms with Crippen LogP contribution in [0.2, 0.25) is 0 Å². The van der Waals surface area contributed by atoms with Gasteiger partial charge < -0.3 is 4.74 Å². The van der Waals surface area contributed by atoms with Gasteiger partial charge in [0.1, 0.15) is 11.4 Å². The Bertz CT molecular complexity index is 370. The van der Waals surface area contributed by atoms with Crippen molar-refractivity contribution in [2.24, 2.45) is 0 Å². The van der Waals surface area contributed by atoms with E-state index in [-0.39, 0.29) is 5.60 Å². The molecule has 0 heterocycles. The van der Waals surface area contributed by atoms with Crippen LogP contribution in [0.3, 0.4) is 0 Å². The van der Waals surface area contributed by atoms with Crippen LogP contribution in [0.1, 0.15) is 58.4 Å². The summed E-state index contributed by atoms with van der Waals surface area (Å²) in [5, 5.41) is 0. The first-order valence-corrected chi connectivity index (χ1v) is 6.89. The zero-order valence-corrected chi connectivity index (χ0v) is 11.8. The molecule has 98 valence electrons. The van der Waals surface area contributed by atoms with Crippen molar-refractivity contribution in [2.75, 3.05) is 0 Å². The van der Waals surface area contributed by atoms with Crippen LogP contribution in [0.15, 0.2) is 18.2 Å². The summed E-state index contributed by atoms with van der Waals surface area (Å²) in [4.78, 5) is 0. The minimum atomic E-state index is -0.109. The van der Waals surface area contributed by atoms with Gasteiger partial charge in [0.05, 0.1) is 0 Å². The van der Waals surface area contributed by atoms with E-state index in [0.29, 0.717) is 0 Å². The van der Waals surface area contributed by atoms with E-state index in [9.17, 15) is 0 Å². The van der Waals surface area contributed by atoms with E-state index in [2.05, 4.69) is 26.8 Å². The standard InChI is InChI=1S/C17H24O/c1-5-8-11-14-17(4,7-3)18-16-13-10-9-12-15(16)6-2/h2,6,9,12-13H,5,7-8,11,14H2,1,3-4H3. The maximum atomic E-state index is 6.18. The molecule has 1 heteroatoms. The van der Waals surface area contributed by atoms with Gasteiger partial charge in [-0.25, -0.2) is 0 Å². The predicted octanol–water partition coefficient (Wildman–Crippen LogP) is 5.06. The lowest BCUT2D eigenvalue weighted by molar-refractivity contribution is 0.0717. The molecule has 0 fully saturated rings. The minimum Gasteiger partial charge on any atom is -0.487 e. The molecule has 0 spiro atoms. The summed E-state index contributed by atoms with van der Waals surface area (Å²) in [5.41, 5.74) is 0.825. The highest BCUT2D eigenvalue weighted by Gasteiger charge is 2.24. The van der Waals surface area contributed by atoms with Crippen LogP contribution in [0.25, 0.3) is 6.08 Å². The van der Waals surface area contributed by atoms with Crippen LogP contribution in [0.4, 0.5) is 0 Å². The second kappa shape index (κ2) is 7.25. The third kappa shape index (κ3) is 4.21. The molecule has 1 nitrogen and oxygen atoms in total. The van der Waals surface area contributed by atoms with Crippen LogP contribution >= 0.6 is 0 Å². The summed E-state index contributed by atoms with van der Waals surface area (Å²) in [5.74, 6) is 0.834. The largest absolute Gasteiger partial charge is 0.487 e. The molecule has 0 saturated carbocycles. The third-order valence-corrected chi connectivity index (χ3v) is 3.45. The van der Waals surface area contributed by atoms with Crippen molar-refractivity contribution >= 4 is 6.08 Å². The molecule has 1 unspecified atom stereocenters. The molecule has 0 saturated heterocycles. The fourth-order valence-corrected chi connectivity index (χ4v) is 1.97. The molecule has 1 rings (SSSR count). The van der Waals surface area contributed by atoms with Crippen molar-refractivity contribution < 1.29 is 4.74 Å². The molecule has 0 aliphatic rings. The normalized spacial score (nSPS) is 13.9. The van der Waals surface area contributed by atoms with Crippen LogP contribution in [0.5, 0.6) is 5.75 Å². The quantitative estimate of drug-likeness (QED) is 0.581. The summed E-state index contributed by atoms with van der Waals surface area (Å²) in [6.07, 6.45) is 7.37. The Morgan fingerprint density at radius 3 is 2.78 bits per heavy atom. The van der Waals surface area contributed by atoms with Gasteiger partial charge in [0.2, 0.25) is 0 Å². The lowest BCUT2D eigenvalue weighted by Crippen LogP contribution is -2.31. The van der Waals surface area contributed by atoms with Crippen molar-refractivity contribution in [3.05, 3.63) is 36.4 Å². The Kier molecular flexibility index (Phi) is 5.97. The van der Waals surface area contributed by atoms with Crippen molar-refractivity contribution in [3.8, 4) is 5.75 Å². The zero-order valence-electron chi connectivity index (χ0n) is 11.8. The average molecular weight is 244 g/mol. The fourth-order valence-electron chi connectivity index (χ4n) is 1.97. The highest BCUT2D eigenvalue weighted by Crippen LogP contribution is 2.29. The first-order chi connectivity index (χ1) is 8.65. The second-order valence-electron chi connectivity index (χ2n) is 4.99. The average Bonchev–Trinajstić information content (AvgIpc) is 2.40. The third-order valence-electron chi connectivity index (χ3n) is 3.45. The maximum absolute atomic E-state index is 6.18. The van der Waals surface area contributed by atoms with Crippen LogP contribution in [0, 0.1) is 12.6 Å². The molecule has 2 radical (unpaired) electrons. The second-order valence-corrected chi connectivity index (χ2v) is 4.99. The van der Waals surface area contributed by atoms with Gasteiger partial charge in [-0.15, -0.1) is 0 Å². The van der Waals surface area contributed by atoms with Gasteiger partial charge in [0.15, 0.2) is 0 Å². The van der Waals surface area contributed by atoms with Gasteiger partial charge in [0.25, 0.3) is 0 Å². The van der Waals surface area contributed by atoms with Crippen molar-refractivity contribution in [1.29, 1.82) is 0 Å². The molecular formula is C17H24O. The molecule has 0 bridgehead atoms. The van der Waals surface area contributed by atoms with E-state index in [1.165, 1.54) is 19.3 Å². The number of benzene rings is 1. The Hall–Kier alpha value is -1.24. The smallest absolute Gasteiger partial charge is 0.127 e. The van der Waals surface area contributed by atoms with Crippen LogP contribution in [-0.4, -0.2) is 5.60 Å². The Labute approximate surface area is 112 Å². The van der Waals surface area contributed by atoms with Crippen molar-refractivity contribution in [3.63, 3.8) is 0 Å². The molecule has 0 aliphatic heterocycles. The number of ether oxygens (including phenoxy) is 1. The molecule has 0 N–H and O–H groups in total. The van der Waals surface area contributed by atoms with E-state index < -0.39 is 0 Å². The molecule has 1 atom stereocenters. The van der Waals surface area contributed by atoms with E-state index in [1.807, 2.05) is 18.2 Å². The minimum absolute atomic E-state index is 0.109. The van der Waals surface area contributed by atoms with Gasteiger partial charge in [-0.2, -0.15) is 0 Å². The zero-order chi connectivity index (χ0) is 13.4. The Morgan fingerprint density at radius 2 is 2.17 bits per heavy atom. The molecule has 0 amide bonds. The van der Waals surface area contributed by atoms with Crippen LogP contribution in [-0.2, 0) is 0 Å². The van der Waals surface area contributed by atoms with Crippen molar-refractivity contribution in [1.82, 2.24) is 0 Å². The van der Waals surface area contributed by atoms with E-state index in [0.717, 1.165) is 24.2 Å². The molecule has 1 aromatic carbocycles. The number of hydrogen-bond acceptors (Lipinski definition) is 1. The highest BCUT2D eigenvalue weighted by atomic mass is 16.5. The molecule has 0 aliphatic carbocycles. The molecule has 18 heavy (non-hydrogen) atoms. The van der Waals surface area contributed by atoms with Gasteiger partial charge in [-0.3, -0.25) is 0 Å². The summed E-state index contributed by atoms with van der Waals surface area (Å²) < 4.78 is 6.18. The number of hydrogen-bond donors (Lipinski definition) is 0. The summed E-state index contributed by atoms with van der Waals surface area (Å²) >= 11 is 0. The molecule has 1 aromatic rings. The van der Waals surface area contributed by atoms with Crippen LogP contribution < -0.4 is 4.74 Å². The van der Waals surface area contributed by atoms with Crippen molar-refractivity contribution in [2.45, 2.75) is 58.5 Å². The topological polar surface area (TPSA) is 9.23 Å². The summed E-state index contributed by atoms with van der Waals surface area (Å²) in [6.45, 7) is 12.2. The van der Waals surface area contributed by atoms with E-state index in [4.69, 9.17) is 11.3 Å². The lowest BCUT2D eigenvalue weighted by Gasteiger charge is -2.30. The van der Waals surface area contributed by atoms with Gasteiger partial charge in [-0.05, 0) is 38.3 Å². The SMILES string of the molecule is [CH]=Cc1cc[c]cc1OC(C)(CC)CCCCC. The first-order valence-electron chi connectivity index (χ1n) is 6.89. The summed E-state index contributed by atoms with van der Waals surface area (Å²) in [7, 11) is 0. The first kappa shape index (κ1) is 14.8. The van der Waals surface area contributed by atoms with E-state index >= 15 is 0 Å². The fraction of sp³-hybridized carbons (Fsp3) is 0.529. The summed E-state index contributed by atoms with van der Waals surface area (Å²) in [6, 6.07) is 8.70. The van der Waals surface area contributed by atoms with Gasteiger partial charge in [0, 0.05) is 5.56 Å². The maximum Gasteiger partial charge on any atom is 0.127 e. The number of rotatable bonds is 8. The van der Waals surface area contributed by atoms with Gasteiger partial charge >= 0.3 is 0 Å². The highest BCUT2D eigenvalue weighted by molar-refractivity contribution is 5.54. The molecule has 0 aromatic heterocycles. The Morgan fingerprint density at radius 1 is 1.39 bits per heavy atom. The number of unbranched alkanes of at least 4 members (excludes halogenated alkanes) is 2. The predicted molar refractivity (Wildman–Crippen MR) is 77.5 cm³/mol. The monoisotopic (exact) mass is 244 g/mol. The lowest BCUT2D eigenvalue weighted by atomic mass is 9.95. The molecular weight excluding hydrogens is 220 g/mol. The Balaban J connectivity index is 2.74. The van der Waals surface area contributed by atoms with E-state index in [1.54, 1.807) is 6.08 Å².